The van der Waals surface area contributed by atoms with Crippen LogP contribution in [0.3, 0.4) is 0 Å². The van der Waals surface area contributed by atoms with Crippen molar-refractivity contribution in [3.8, 4) is 0 Å². The van der Waals surface area contributed by atoms with E-state index in [1.54, 1.807) is 0 Å². The Morgan fingerprint density at radius 3 is 2.18 bits per heavy atom. The van der Waals surface area contributed by atoms with Gasteiger partial charge in [0.1, 0.15) is 0 Å². The van der Waals surface area contributed by atoms with Gasteiger partial charge in [0.05, 0.1) is 6.61 Å². The molecule has 0 fully saturated rings. The molecule has 98 valence electrons. The number of unbranched alkanes of at least 4 members (excludes halogenated alkanes) is 6. The number of carbonyl (C=O) groups is 1. The van der Waals surface area contributed by atoms with Crippen LogP contribution in [0, 0.1) is 0 Å². The Bertz CT molecular complexity index is 241. The molecule has 1 atom stereocenters. The van der Waals surface area contributed by atoms with Crippen molar-refractivity contribution in [2.45, 2.75) is 44.9 Å². The van der Waals surface area contributed by atoms with Gasteiger partial charge in [0.15, 0.2) is 6.16 Å². The maximum atomic E-state index is 10.7. The van der Waals surface area contributed by atoms with Crippen LogP contribution in [-0.2, 0) is 14.1 Å². The Hall–Kier alpha value is -0.730. The van der Waals surface area contributed by atoms with Crippen molar-refractivity contribution < 1.29 is 19.0 Å². The molecule has 0 aromatic heterocycles. The second-order valence-electron chi connectivity index (χ2n) is 3.92. The number of ether oxygens (including phenoxy) is 1. The second-order valence-corrected chi connectivity index (χ2v) is 5.07. The van der Waals surface area contributed by atoms with Crippen molar-refractivity contribution in [2.24, 2.45) is 0 Å². The van der Waals surface area contributed by atoms with Gasteiger partial charge in [-0.15, -0.1) is 0 Å². The number of carbonyl (C=O) groups excluding carboxylic acids is 1. The van der Waals surface area contributed by atoms with E-state index in [4.69, 9.17) is 9.63 Å². The average molecular weight is 261 g/mol. The quantitative estimate of drug-likeness (QED) is 0.268. The first-order valence-electron chi connectivity index (χ1n) is 6.09. The van der Waals surface area contributed by atoms with Gasteiger partial charge in [-0.25, -0.2) is 4.79 Å². The molecule has 0 heterocycles. The van der Waals surface area contributed by atoms with E-state index >= 15 is 0 Å². The number of hydrogen-bond acceptors (Lipinski definition) is 3. The summed E-state index contributed by atoms with van der Waals surface area (Å²) in [6.45, 7) is 3.78. The van der Waals surface area contributed by atoms with Crippen LogP contribution in [0.25, 0.3) is 0 Å². The van der Waals surface area contributed by atoms with Crippen molar-refractivity contribution in [2.75, 3.05) is 12.8 Å². The maximum Gasteiger partial charge on any atom is 0.505 e. The highest BCUT2D eigenvalue weighted by molar-refractivity contribution is 7.37. The predicted molar refractivity (Wildman–Crippen MR) is 68.2 cm³/mol. The molecule has 0 radical (unpaired) electrons. The Morgan fingerprint density at radius 1 is 1.12 bits per heavy atom. The predicted octanol–water partition coefficient (Wildman–Crippen LogP) is 3.18. The van der Waals surface area contributed by atoms with E-state index in [1.807, 2.05) is 0 Å². The Morgan fingerprint density at radius 2 is 1.65 bits per heavy atom. The zero-order valence-corrected chi connectivity index (χ0v) is 11.2. The molecule has 0 spiro atoms. The third-order valence-corrected chi connectivity index (χ3v) is 3.10. The molecular formula is C12H22O4P+. The van der Waals surface area contributed by atoms with Gasteiger partial charge < -0.3 is 4.74 Å². The molecule has 0 bridgehead atoms. The normalized spacial score (nSPS) is 11.0. The lowest BCUT2D eigenvalue weighted by molar-refractivity contribution is -0.137. The minimum Gasteiger partial charge on any atom is -0.463 e. The lowest BCUT2D eigenvalue weighted by atomic mass is 10.1. The molecule has 0 aliphatic carbocycles. The van der Waals surface area contributed by atoms with Gasteiger partial charge in [-0.05, 0) is 23.8 Å². The molecule has 0 aromatic rings. The highest BCUT2D eigenvalue weighted by Crippen LogP contribution is 2.16. The number of esters is 1. The smallest absolute Gasteiger partial charge is 0.463 e. The van der Waals surface area contributed by atoms with E-state index in [0.29, 0.717) is 12.8 Å². The summed E-state index contributed by atoms with van der Waals surface area (Å²) in [6, 6.07) is 0. The number of hydrogen-bond donors (Lipinski definition) is 1. The van der Waals surface area contributed by atoms with Crippen LogP contribution < -0.4 is 0 Å². The third kappa shape index (κ3) is 13.2. The molecule has 1 unspecified atom stereocenters. The second kappa shape index (κ2) is 11.7. The molecule has 1 N–H and O–H groups in total. The standard InChI is InChI=1S/C12H21O4P/c1-2-12(13)16-10-8-6-4-3-5-7-9-11-17(14)15/h2H,1,3-11H2/p+1. The fraction of sp³-hybridized carbons (Fsp3) is 0.750. The summed E-state index contributed by atoms with van der Waals surface area (Å²) in [7, 11) is -1.95. The lowest BCUT2D eigenvalue weighted by Crippen LogP contribution is -2.01. The molecule has 4 nitrogen and oxygen atoms in total. The Balaban J connectivity index is 3.06. The van der Waals surface area contributed by atoms with Gasteiger partial charge in [-0.3, -0.25) is 0 Å². The summed E-state index contributed by atoms with van der Waals surface area (Å²) in [6.07, 6.45) is 8.76. The monoisotopic (exact) mass is 261 g/mol. The third-order valence-electron chi connectivity index (χ3n) is 2.40. The number of rotatable bonds is 11. The topological polar surface area (TPSA) is 63.6 Å². The van der Waals surface area contributed by atoms with Crippen molar-refractivity contribution >= 4 is 14.0 Å². The Kier molecular flexibility index (Phi) is 11.2. The lowest BCUT2D eigenvalue weighted by Gasteiger charge is -2.02. The van der Waals surface area contributed by atoms with Gasteiger partial charge >= 0.3 is 14.0 Å². The van der Waals surface area contributed by atoms with E-state index in [0.717, 1.165) is 44.9 Å². The highest BCUT2D eigenvalue weighted by atomic mass is 31.1. The molecule has 17 heavy (non-hydrogen) atoms. The Labute approximate surface area is 104 Å². The van der Waals surface area contributed by atoms with Crippen molar-refractivity contribution in [1.29, 1.82) is 0 Å². The average Bonchev–Trinajstić information content (AvgIpc) is 2.30. The maximum absolute atomic E-state index is 10.7. The van der Waals surface area contributed by atoms with Crippen LogP contribution in [0.5, 0.6) is 0 Å². The summed E-state index contributed by atoms with van der Waals surface area (Å²) in [5.74, 6) is -0.358. The summed E-state index contributed by atoms with van der Waals surface area (Å²) < 4.78 is 15.2. The minimum atomic E-state index is -1.95. The van der Waals surface area contributed by atoms with E-state index in [1.165, 1.54) is 6.08 Å². The minimum absolute atomic E-state index is 0.358. The molecular weight excluding hydrogens is 239 g/mol. The summed E-state index contributed by atoms with van der Waals surface area (Å²) in [5, 5.41) is 0. The van der Waals surface area contributed by atoms with Crippen LogP contribution in [0.1, 0.15) is 44.9 Å². The van der Waals surface area contributed by atoms with Gasteiger partial charge in [0.2, 0.25) is 0 Å². The van der Waals surface area contributed by atoms with Crippen LogP contribution in [-0.4, -0.2) is 23.6 Å². The van der Waals surface area contributed by atoms with Gasteiger partial charge in [-0.2, -0.15) is 4.89 Å². The van der Waals surface area contributed by atoms with Crippen LogP contribution in [0.4, 0.5) is 0 Å². The van der Waals surface area contributed by atoms with Crippen molar-refractivity contribution in [1.82, 2.24) is 0 Å². The molecule has 5 heteroatoms. The largest absolute Gasteiger partial charge is 0.505 e. The first kappa shape index (κ1) is 16.3. The van der Waals surface area contributed by atoms with Crippen LogP contribution >= 0.6 is 8.03 Å². The molecule has 0 rings (SSSR count). The first-order valence-corrected chi connectivity index (χ1v) is 7.49. The summed E-state index contributed by atoms with van der Waals surface area (Å²) in [4.78, 5) is 19.3. The highest BCUT2D eigenvalue weighted by Gasteiger charge is 2.07. The SMILES string of the molecule is C=CC(=O)OCCCCCCCCC[P+](=O)O. The van der Waals surface area contributed by atoms with Crippen molar-refractivity contribution in [3.63, 3.8) is 0 Å². The molecule has 0 aliphatic heterocycles. The van der Waals surface area contributed by atoms with Crippen LogP contribution in [0.2, 0.25) is 0 Å². The molecule has 0 saturated carbocycles. The van der Waals surface area contributed by atoms with E-state index in [2.05, 4.69) is 6.58 Å². The molecule has 0 aliphatic rings. The van der Waals surface area contributed by atoms with Gasteiger partial charge in [0, 0.05) is 6.08 Å². The van der Waals surface area contributed by atoms with E-state index < -0.39 is 8.03 Å². The molecule has 0 amide bonds. The zero-order chi connectivity index (χ0) is 12.9. The van der Waals surface area contributed by atoms with E-state index in [-0.39, 0.29) is 5.97 Å². The fourth-order valence-corrected chi connectivity index (χ4v) is 1.96. The fourth-order valence-electron chi connectivity index (χ4n) is 1.46. The van der Waals surface area contributed by atoms with Crippen molar-refractivity contribution in [3.05, 3.63) is 12.7 Å². The van der Waals surface area contributed by atoms with Gasteiger partial charge in [0.25, 0.3) is 0 Å². The van der Waals surface area contributed by atoms with Crippen LogP contribution in [0.15, 0.2) is 12.7 Å². The zero-order valence-electron chi connectivity index (χ0n) is 10.3. The first-order chi connectivity index (χ1) is 8.16. The summed E-state index contributed by atoms with van der Waals surface area (Å²) in [5.41, 5.74) is 0. The molecule has 0 aromatic carbocycles. The summed E-state index contributed by atoms with van der Waals surface area (Å²) >= 11 is 0. The molecule has 0 saturated heterocycles. The van der Waals surface area contributed by atoms with Gasteiger partial charge in [-0.1, -0.05) is 32.3 Å². The van der Waals surface area contributed by atoms with E-state index in [9.17, 15) is 9.36 Å².